The normalized spacial score (nSPS) is 19.0. The molecule has 1 atom stereocenters. The first kappa shape index (κ1) is 24.0. The predicted molar refractivity (Wildman–Crippen MR) is 134 cm³/mol. The van der Waals surface area contributed by atoms with Crippen LogP contribution in [0.4, 0.5) is 0 Å². The molecule has 3 rings (SSSR count). The Hall–Kier alpha value is -1.70. The molecule has 0 fully saturated rings. The topological polar surface area (TPSA) is 38.7 Å². The molecule has 1 aliphatic rings. The summed E-state index contributed by atoms with van der Waals surface area (Å²) in [7, 11) is -3.26. The van der Waals surface area contributed by atoms with Crippen molar-refractivity contribution in [1.29, 1.82) is 0 Å². The molecule has 0 saturated heterocycles. The van der Waals surface area contributed by atoms with Crippen LogP contribution in [0.25, 0.3) is 0 Å². The molecule has 2 aromatic rings. The van der Waals surface area contributed by atoms with Crippen LogP contribution in [-0.2, 0) is 16.2 Å². The molecular weight excluding hydrogens is 403 g/mol. The van der Waals surface area contributed by atoms with Crippen molar-refractivity contribution in [3.63, 3.8) is 0 Å². The minimum absolute atomic E-state index is 0.0173. The number of aryl methyl sites for hydroxylation is 2. The van der Waals surface area contributed by atoms with Gasteiger partial charge in [0.2, 0.25) is 0 Å². The van der Waals surface area contributed by atoms with Gasteiger partial charge in [-0.05, 0) is 47.3 Å². The Morgan fingerprint density at radius 2 is 1.29 bits per heavy atom. The summed E-state index contributed by atoms with van der Waals surface area (Å²) in [6.07, 6.45) is 0. The van der Waals surface area contributed by atoms with Crippen molar-refractivity contribution in [3.8, 4) is 11.5 Å². The SMILES string of the molecule is Cc1cc(C(C)(C)C)c(OP2(O)=Cc3cc(C(C)(C)C)cc(C)c3O2)c(C(C)(C)C)c1. The van der Waals surface area contributed by atoms with Crippen molar-refractivity contribution < 1.29 is 13.9 Å². The van der Waals surface area contributed by atoms with Crippen LogP contribution >= 0.6 is 7.57 Å². The molecule has 4 heteroatoms. The van der Waals surface area contributed by atoms with Crippen LogP contribution in [0, 0.1) is 13.8 Å². The van der Waals surface area contributed by atoms with Crippen LogP contribution in [-0.4, -0.2) is 10.7 Å². The quantitative estimate of drug-likeness (QED) is 0.487. The Kier molecular flexibility index (Phi) is 5.74. The fourth-order valence-electron chi connectivity index (χ4n) is 3.95. The number of hydrogen-bond donors (Lipinski definition) is 1. The molecule has 0 spiro atoms. The number of rotatable bonds is 2. The van der Waals surface area contributed by atoms with Crippen molar-refractivity contribution in [2.24, 2.45) is 0 Å². The summed E-state index contributed by atoms with van der Waals surface area (Å²) in [5, 5.41) is 0. The summed E-state index contributed by atoms with van der Waals surface area (Å²) in [6.45, 7) is 23.8. The lowest BCUT2D eigenvalue weighted by molar-refractivity contribution is 0.366. The molecule has 1 N–H and O–H groups in total. The second kappa shape index (κ2) is 7.42. The Bertz CT molecular complexity index is 1040. The van der Waals surface area contributed by atoms with E-state index < -0.39 is 7.57 Å². The molecule has 2 aromatic carbocycles. The van der Waals surface area contributed by atoms with Crippen LogP contribution in [0.15, 0.2) is 24.3 Å². The van der Waals surface area contributed by atoms with Crippen molar-refractivity contribution in [1.82, 2.24) is 0 Å². The van der Waals surface area contributed by atoms with Gasteiger partial charge in [0.15, 0.2) is 0 Å². The maximum absolute atomic E-state index is 11.5. The zero-order valence-corrected chi connectivity index (χ0v) is 22.0. The molecule has 0 radical (unpaired) electrons. The predicted octanol–water partition coefficient (Wildman–Crippen LogP) is 7.57. The van der Waals surface area contributed by atoms with E-state index in [9.17, 15) is 4.89 Å². The fraction of sp³-hybridized carbons (Fsp3) is 0.519. The monoisotopic (exact) mass is 442 g/mol. The maximum atomic E-state index is 11.5. The zero-order chi connectivity index (χ0) is 23.6. The van der Waals surface area contributed by atoms with Gasteiger partial charge in [0, 0.05) is 22.5 Å². The molecule has 0 saturated carbocycles. The summed E-state index contributed by atoms with van der Waals surface area (Å²) >= 11 is 0. The molecule has 31 heavy (non-hydrogen) atoms. The largest absolute Gasteiger partial charge is 0.423 e. The third-order valence-corrected chi connectivity index (χ3v) is 7.26. The van der Waals surface area contributed by atoms with Gasteiger partial charge in [-0.2, -0.15) is 0 Å². The number of fused-ring (bicyclic) bond motifs is 1. The van der Waals surface area contributed by atoms with Crippen LogP contribution in [0.5, 0.6) is 11.5 Å². The van der Waals surface area contributed by atoms with E-state index in [4.69, 9.17) is 9.05 Å². The fourth-order valence-corrected chi connectivity index (χ4v) is 5.60. The molecule has 1 aliphatic heterocycles. The van der Waals surface area contributed by atoms with Crippen molar-refractivity contribution in [2.75, 3.05) is 0 Å². The van der Waals surface area contributed by atoms with Gasteiger partial charge >= 0.3 is 7.57 Å². The van der Waals surface area contributed by atoms with Crippen molar-refractivity contribution in [3.05, 3.63) is 57.6 Å². The second-order valence-electron chi connectivity index (χ2n) is 12.0. The molecule has 170 valence electrons. The van der Waals surface area contributed by atoms with E-state index in [0.29, 0.717) is 0 Å². The van der Waals surface area contributed by atoms with Gasteiger partial charge in [-0.15, -0.1) is 0 Å². The van der Waals surface area contributed by atoms with Crippen molar-refractivity contribution in [2.45, 2.75) is 92.4 Å². The first-order valence-electron chi connectivity index (χ1n) is 11.1. The molecule has 3 nitrogen and oxygen atoms in total. The van der Waals surface area contributed by atoms with Crippen molar-refractivity contribution >= 4 is 13.4 Å². The Morgan fingerprint density at radius 1 is 0.774 bits per heavy atom. The lowest BCUT2D eigenvalue weighted by Gasteiger charge is -2.32. The van der Waals surface area contributed by atoms with E-state index in [-0.39, 0.29) is 16.2 Å². The summed E-state index contributed by atoms with van der Waals surface area (Å²) in [4.78, 5) is 11.5. The zero-order valence-electron chi connectivity index (χ0n) is 21.1. The lowest BCUT2D eigenvalue weighted by atomic mass is 9.78. The minimum Gasteiger partial charge on any atom is -0.423 e. The van der Waals surface area contributed by atoms with Gasteiger partial charge in [0.05, 0.1) is 0 Å². The van der Waals surface area contributed by atoms with Gasteiger partial charge in [0.1, 0.15) is 11.5 Å². The molecule has 0 aliphatic carbocycles. The van der Waals surface area contributed by atoms with Gasteiger partial charge in [-0.1, -0.05) is 86.1 Å². The van der Waals surface area contributed by atoms with E-state index in [1.165, 1.54) is 11.1 Å². The van der Waals surface area contributed by atoms with Crippen LogP contribution in [0.1, 0.15) is 95.7 Å². The van der Waals surface area contributed by atoms with Crippen LogP contribution in [0.2, 0.25) is 0 Å². The maximum Gasteiger partial charge on any atom is 0.361 e. The van der Waals surface area contributed by atoms with Gasteiger partial charge in [0.25, 0.3) is 0 Å². The smallest absolute Gasteiger partial charge is 0.361 e. The van der Waals surface area contributed by atoms with E-state index in [0.717, 1.165) is 33.8 Å². The standard InChI is InChI=1S/C27H39O3P/c1-17-12-21(26(6,7)8)24(22(13-17)27(9,10)11)30-31(28)16-19-15-20(25(3,4)5)14-18(2)23(19)29-31/h12-16,28H,1-11H3. The third kappa shape index (κ3) is 4.89. The highest BCUT2D eigenvalue weighted by atomic mass is 31.2. The lowest BCUT2D eigenvalue weighted by Crippen LogP contribution is -2.20. The third-order valence-electron chi connectivity index (χ3n) is 5.77. The minimum atomic E-state index is -3.26. The summed E-state index contributed by atoms with van der Waals surface area (Å²) in [6, 6.07) is 8.61. The van der Waals surface area contributed by atoms with E-state index >= 15 is 0 Å². The summed E-state index contributed by atoms with van der Waals surface area (Å²) in [5.41, 5.74) is 6.28. The highest BCUT2D eigenvalue weighted by Crippen LogP contribution is 2.56. The molecule has 0 amide bonds. The number of benzene rings is 2. The van der Waals surface area contributed by atoms with Crippen LogP contribution < -0.4 is 9.05 Å². The molecule has 1 heterocycles. The highest BCUT2D eigenvalue weighted by Gasteiger charge is 2.35. The van der Waals surface area contributed by atoms with E-state index in [1.807, 2.05) is 12.7 Å². The molecule has 0 bridgehead atoms. The van der Waals surface area contributed by atoms with E-state index in [2.05, 4.69) is 93.5 Å². The molecule has 0 aromatic heterocycles. The Morgan fingerprint density at radius 3 is 1.74 bits per heavy atom. The molecule has 1 unspecified atom stereocenters. The van der Waals surface area contributed by atoms with Crippen LogP contribution in [0.3, 0.4) is 0 Å². The average molecular weight is 443 g/mol. The van der Waals surface area contributed by atoms with Gasteiger partial charge < -0.3 is 13.9 Å². The average Bonchev–Trinajstić information content (AvgIpc) is 2.90. The Balaban J connectivity index is 2.17. The van der Waals surface area contributed by atoms with Gasteiger partial charge in [-0.25, -0.2) is 0 Å². The Labute approximate surface area is 189 Å². The first-order valence-corrected chi connectivity index (χ1v) is 12.7. The van der Waals surface area contributed by atoms with E-state index in [1.54, 1.807) is 0 Å². The summed E-state index contributed by atoms with van der Waals surface area (Å²) in [5.74, 6) is 3.29. The van der Waals surface area contributed by atoms with Gasteiger partial charge in [-0.3, -0.25) is 0 Å². The highest BCUT2D eigenvalue weighted by molar-refractivity contribution is 7.61. The number of hydrogen-bond acceptors (Lipinski definition) is 3. The second-order valence-corrected chi connectivity index (χ2v) is 13.8. The molecular formula is C27H39O3P. The first-order chi connectivity index (χ1) is 13.9. The summed E-state index contributed by atoms with van der Waals surface area (Å²) < 4.78 is 12.6.